The van der Waals surface area contributed by atoms with E-state index in [1.807, 2.05) is 0 Å². The predicted molar refractivity (Wildman–Crippen MR) is 157 cm³/mol. The molecule has 0 saturated heterocycles. The summed E-state index contributed by atoms with van der Waals surface area (Å²) < 4.78 is 0. The Bertz CT molecular complexity index is 1050. The number of carbonyl (C=O) groups excluding carboxylic acids is 4. The van der Waals surface area contributed by atoms with Crippen molar-refractivity contribution in [1.29, 1.82) is 0 Å². The maximum absolute atomic E-state index is 13.0. The van der Waals surface area contributed by atoms with E-state index in [1.54, 1.807) is 18.2 Å². The fourth-order valence-electron chi connectivity index (χ4n) is 7.47. The minimum absolute atomic E-state index is 0.0657. The Morgan fingerprint density at radius 1 is 1.00 bits per heavy atom. The molecule has 4 rings (SSSR count). The summed E-state index contributed by atoms with van der Waals surface area (Å²) >= 11 is 0. The molecule has 1 aliphatic heterocycles. The van der Waals surface area contributed by atoms with Gasteiger partial charge < -0.3 is 20.7 Å². The quantitative estimate of drug-likeness (QED) is 0.162. The summed E-state index contributed by atoms with van der Waals surface area (Å²) in [5.74, 6) is 1.55. The number of amides is 3. The van der Waals surface area contributed by atoms with Crippen LogP contribution in [-0.4, -0.2) is 60.6 Å². The highest BCUT2D eigenvalue weighted by Crippen LogP contribution is 2.46. The second kappa shape index (κ2) is 13.7. The first kappa shape index (κ1) is 30.2. The zero-order chi connectivity index (χ0) is 28.7. The first-order chi connectivity index (χ1) is 19.2. The molecule has 8 nitrogen and oxygen atoms in total. The third kappa shape index (κ3) is 7.50. The lowest BCUT2D eigenvalue weighted by Crippen LogP contribution is -2.50. The molecule has 2 bridgehead atoms. The zero-order valence-electron chi connectivity index (χ0n) is 24.6. The van der Waals surface area contributed by atoms with E-state index in [0.717, 1.165) is 54.3 Å². The van der Waals surface area contributed by atoms with E-state index in [4.69, 9.17) is 0 Å². The second-order valence-electron chi connectivity index (χ2n) is 12.8. The molecule has 40 heavy (non-hydrogen) atoms. The van der Waals surface area contributed by atoms with Gasteiger partial charge in [-0.2, -0.15) is 0 Å². The van der Waals surface area contributed by atoms with E-state index in [2.05, 4.69) is 29.8 Å². The van der Waals surface area contributed by atoms with Crippen LogP contribution >= 0.6 is 0 Å². The Balaban J connectivity index is 1.13. The van der Waals surface area contributed by atoms with E-state index in [-0.39, 0.29) is 18.7 Å². The Labute approximate surface area is 239 Å². The van der Waals surface area contributed by atoms with Gasteiger partial charge >= 0.3 is 0 Å². The Morgan fingerprint density at radius 3 is 2.33 bits per heavy atom. The van der Waals surface area contributed by atoms with Crippen molar-refractivity contribution in [2.45, 2.75) is 102 Å². The minimum Gasteiger partial charge on any atom is -0.385 e. The third-order valence-electron chi connectivity index (χ3n) is 9.20. The predicted octanol–water partition coefficient (Wildman–Crippen LogP) is 4.93. The lowest BCUT2D eigenvalue weighted by atomic mass is 9.62. The molecule has 1 aromatic rings. The average molecular weight is 553 g/mol. The summed E-state index contributed by atoms with van der Waals surface area (Å²) in [6.07, 6.45) is 13.6. The number of unbranched alkanes of at least 4 members (excludes halogenated alkanes) is 4. The van der Waals surface area contributed by atoms with Gasteiger partial charge in [-0.3, -0.25) is 19.3 Å². The van der Waals surface area contributed by atoms with E-state index in [1.165, 1.54) is 58.4 Å². The van der Waals surface area contributed by atoms with Gasteiger partial charge in [0.05, 0.1) is 17.2 Å². The summed E-state index contributed by atoms with van der Waals surface area (Å²) in [5, 5.41) is 9.78. The molecular formula is C32H48N4O4. The van der Waals surface area contributed by atoms with Gasteiger partial charge in [0.25, 0.3) is 11.8 Å². The smallest absolute Gasteiger partial charge is 0.262 e. The number of rotatable bonds is 15. The van der Waals surface area contributed by atoms with Crippen molar-refractivity contribution in [2.75, 3.05) is 25.5 Å². The largest absolute Gasteiger partial charge is 0.385 e. The van der Waals surface area contributed by atoms with Crippen molar-refractivity contribution >= 4 is 29.7 Å². The van der Waals surface area contributed by atoms with E-state index < -0.39 is 17.9 Å². The number of anilines is 1. The van der Waals surface area contributed by atoms with E-state index in [9.17, 15) is 19.2 Å². The summed E-state index contributed by atoms with van der Waals surface area (Å²) in [4.78, 5) is 50.0. The number of nitrogens with zero attached hydrogens (tertiary/aromatic N) is 1. The lowest BCUT2D eigenvalue weighted by Gasteiger charge is -2.47. The number of hydrogen-bond donors (Lipinski definition) is 3. The Kier molecular flexibility index (Phi) is 10.4. The molecule has 3 atom stereocenters. The van der Waals surface area contributed by atoms with Crippen LogP contribution in [0.15, 0.2) is 18.2 Å². The van der Waals surface area contributed by atoms with Crippen molar-refractivity contribution in [3.63, 3.8) is 0 Å². The summed E-state index contributed by atoms with van der Waals surface area (Å²) in [5.41, 5.74) is 1.73. The highest BCUT2D eigenvalue weighted by Gasteiger charge is 2.41. The highest BCUT2D eigenvalue weighted by molar-refractivity contribution is 6.22. The molecule has 0 aromatic heterocycles. The average Bonchev–Trinajstić information content (AvgIpc) is 3.16. The van der Waals surface area contributed by atoms with E-state index >= 15 is 0 Å². The van der Waals surface area contributed by atoms with Crippen LogP contribution in [0.25, 0.3) is 0 Å². The molecule has 0 spiro atoms. The topological polar surface area (TPSA) is 108 Å². The van der Waals surface area contributed by atoms with Gasteiger partial charge in [-0.25, -0.2) is 0 Å². The van der Waals surface area contributed by atoms with Crippen LogP contribution in [0.2, 0.25) is 0 Å². The van der Waals surface area contributed by atoms with Gasteiger partial charge in [0, 0.05) is 31.2 Å². The molecule has 8 heteroatoms. The van der Waals surface area contributed by atoms with Gasteiger partial charge in [0.1, 0.15) is 6.29 Å². The standard InChI is InChI=1S/C32H48N4O4/c1-22-15-23-17-24(16-22)20-32(2,19-23)35-14-8-6-4-5-7-13-34-25-9-11-27-28(18-25)31(40)36(30(27)39)26(21-37)10-12-29(38)33-3/h9,11,18,21-24,26,34-35H,4-8,10,12-17,19-20H2,1-3H3,(H,33,38). The van der Waals surface area contributed by atoms with Crippen LogP contribution < -0.4 is 16.0 Å². The Morgan fingerprint density at radius 2 is 1.65 bits per heavy atom. The van der Waals surface area contributed by atoms with E-state index in [0.29, 0.717) is 23.0 Å². The van der Waals surface area contributed by atoms with Crippen molar-refractivity contribution in [3.05, 3.63) is 29.3 Å². The van der Waals surface area contributed by atoms with Gasteiger partial charge in [-0.1, -0.05) is 26.2 Å². The van der Waals surface area contributed by atoms with Crippen LogP contribution in [0.1, 0.15) is 112 Å². The second-order valence-corrected chi connectivity index (χ2v) is 12.8. The van der Waals surface area contributed by atoms with Crippen LogP contribution in [-0.2, 0) is 9.59 Å². The van der Waals surface area contributed by atoms with Crippen LogP contribution in [0.4, 0.5) is 5.69 Å². The van der Waals surface area contributed by atoms with Crippen molar-refractivity contribution < 1.29 is 19.2 Å². The minimum atomic E-state index is -0.953. The summed E-state index contributed by atoms with van der Waals surface area (Å²) in [6, 6.07) is 4.19. The van der Waals surface area contributed by atoms with Crippen molar-refractivity contribution in [1.82, 2.24) is 15.5 Å². The zero-order valence-corrected chi connectivity index (χ0v) is 24.6. The number of nitrogens with one attached hydrogen (secondary N) is 3. The third-order valence-corrected chi connectivity index (χ3v) is 9.20. The molecule has 2 saturated carbocycles. The molecule has 0 radical (unpaired) electrons. The lowest BCUT2D eigenvalue weighted by molar-refractivity contribution is -0.121. The summed E-state index contributed by atoms with van der Waals surface area (Å²) in [6.45, 7) is 6.78. The molecule has 2 fully saturated rings. The number of aldehydes is 1. The molecule has 1 heterocycles. The number of fused-ring (bicyclic) bond motifs is 3. The Hall–Kier alpha value is -2.74. The van der Waals surface area contributed by atoms with Gasteiger partial charge in [0.15, 0.2) is 0 Å². The fourth-order valence-corrected chi connectivity index (χ4v) is 7.47. The molecule has 3 amide bonds. The number of benzene rings is 1. The first-order valence-electron chi connectivity index (χ1n) is 15.4. The fraction of sp³-hybridized carbons (Fsp3) is 0.688. The van der Waals surface area contributed by atoms with Gasteiger partial charge in [0.2, 0.25) is 5.91 Å². The molecule has 220 valence electrons. The molecule has 3 unspecified atom stereocenters. The number of hydrogen-bond acceptors (Lipinski definition) is 6. The van der Waals surface area contributed by atoms with Crippen molar-refractivity contribution in [2.24, 2.45) is 17.8 Å². The number of imide groups is 1. The first-order valence-corrected chi connectivity index (χ1v) is 15.4. The van der Waals surface area contributed by atoms with Crippen molar-refractivity contribution in [3.8, 4) is 0 Å². The molecule has 3 aliphatic rings. The van der Waals surface area contributed by atoms with Crippen LogP contribution in [0.5, 0.6) is 0 Å². The molecular weight excluding hydrogens is 504 g/mol. The van der Waals surface area contributed by atoms with Gasteiger partial charge in [-0.15, -0.1) is 0 Å². The monoisotopic (exact) mass is 552 g/mol. The normalized spacial score (nSPS) is 26.4. The molecule has 2 aliphatic carbocycles. The summed E-state index contributed by atoms with van der Waals surface area (Å²) in [7, 11) is 1.51. The maximum atomic E-state index is 13.0. The number of carbonyl (C=O) groups is 4. The SMILES string of the molecule is CNC(=O)CCC(C=O)N1C(=O)c2ccc(NCCCCCCCNC3(C)CC4CC(C)CC(C4)C3)cc2C1=O. The van der Waals surface area contributed by atoms with Crippen LogP contribution in [0, 0.1) is 17.8 Å². The molecule has 1 aromatic carbocycles. The maximum Gasteiger partial charge on any atom is 0.262 e. The van der Waals surface area contributed by atoms with Crippen LogP contribution in [0.3, 0.4) is 0 Å². The molecule has 3 N–H and O–H groups in total. The van der Waals surface area contributed by atoms with Gasteiger partial charge in [-0.05, 0) is 101 Å². The highest BCUT2D eigenvalue weighted by atomic mass is 16.2.